The minimum Gasteiger partial charge on any atom is -0.459 e. The van der Waals surface area contributed by atoms with Crippen LogP contribution in [0.25, 0.3) is 16.7 Å². The Kier molecular flexibility index (Phi) is 4.46. The summed E-state index contributed by atoms with van der Waals surface area (Å²) < 4.78 is 7.50. The molecule has 1 unspecified atom stereocenters. The van der Waals surface area contributed by atoms with Gasteiger partial charge in [0.2, 0.25) is 0 Å². The van der Waals surface area contributed by atoms with Crippen molar-refractivity contribution >= 4 is 28.5 Å². The van der Waals surface area contributed by atoms with E-state index in [1.807, 2.05) is 55.5 Å². The fourth-order valence-electron chi connectivity index (χ4n) is 2.98. The Balaban J connectivity index is 1.58. The van der Waals surface area contributed by atoms with E-state index in [4.69, 9.17) is 16.0 Å². The third-order valence-corrected chi connectivity index (χ3v) is 5.01. The fraction of sp³-hybridized carbons (Fsp3) is 0.143. The van der Waals surface area contributed by atoms with Crippen molar-refractivity contribution in [2.75, 3.05) is 7.05 Å². The van der Waals surface area contributed by atoms with Crippen molar-refractivity contribution in [2.24, 2.45) is 0 Å². The Bertz CT molecular complexity index is 1080. The van der Waals surface area contributed by atoms with Crippen LogP contribution in [0.1, 0.15) is 29.1 Å². The summed E-state index contributed by atoms with van der Waals surface area (Å²) in [7, 11) is 1.76. The van der Waals surface area contributed by atoms with Gasteiger partial charge in [-0.3, -0.25) is 4.79 Å². The predicted molar refractivity (Wildman–Crippen MR) is 105 cm³/mol. The molecule has 0 aliphatic heterocycles. The highest BCUT2D eigenvalue weighted by Crippen LogP contribution is 2.27. The number of fused-ring (bicyclic) bond motifs is 1. The Morgan fingerprint density at radius 1 is 1.19 bits per heavy atom. The summed E-state index contributed by atoms with van der Waals surface area (Å²) in [6.07, 6.45) is 3.24. The standard InChI is InChI=1S/C21H18ClN3O2/c1-14(20-11-15-7-3-6-10-19(15)27-20)24(2)21(26)16-12-23-25(13-16)18-9-5-4-8-17(18)22/h3-14H,1-2H3. The average molecular weight is 380 g/mol. The molecule has 0 saturated heterocycles. The molecule has 136 valence electrons. The van der Waals surface area contributed by atoms with Crippen LogP contribution in [-0.4, -0.2) is 27.6 Å². The molecular formula is C21H18ClN3O2. The minimum absolute atomic E-state index is 0.138. The lowest BCUT2D eigenvalue weighted by Gasteiger charge is -2.22. The minimum atomic E-state index is -0.214. The highest BCUT2D eigenvalue weighted by atomic mass is 35.5. The van der Waals surface area contributed by atoms with Gasteiger partial charge in [0.05, 0.1) is 28.5 Å². The zero-order valence-electron chi connectivity index (χ0n) is 15.0. The van der Waals surface area contributed by atoms with Gasteiger partial charge in [-0.05, 0) is 31.2 Å². The van der Waals surface area contributed by atoms with Crippen molar-refractivity contribution in [1.29, 1.82) is 0 Å². The second-order valence-electron chi connectivity index (χ2n) is 6.40. The molecule has 4 rings (SSSR count). The van der Waals surface area contributed by atoms with E-state index in [0.717, 1.165) is 22.4 Å². The van der Waals surface area contributed by atoms with Gasteiger partial charge in [-0.15, -0.1) is 0 Å². The number of para-hydroxylation sites is 2. The summed E-state index contributed by atoms with van der Waals surface area (Å²) in [5, 5.41) is 5.87. The Morgan fingerprint density at radius 3 is 2.70 bits per heavy atom. The molecule has 2 aromatic carbocycles. The van der Waals surface area contributed by atoms with Gasteiger partial charge in [0.15, 0.2) is 0 Å². The van der Waals surface area contributed by atoms with Crippen LogP contribution in [0, 0.1) is 0 Å². The van der Waals surface area contributed by atoms with Crippen LogP contribution in [0.15, 0.2) is 71.4 Å². The Hall–Kier alpha value is -3.05. The van der Waals surface area contributed by atoms with Crippen LogP contribution < -0.4 is 0 Å². The maximum absolute atomic E-state index is 12.9. The van der Waals surface area contributed by atoms with Crippen LogP contribution in [0.5, 0.6) is 0 Å². The number of carbonyl (C=O) groups excluding carboxylic acids is 1. The van der Waals surface area contributed by atoms with Gasteiger partial charge in [0.25, 0.3) is 5.91 Å². The van der Waals surface area contributed by atoms with E-state index in [9.17, 15) is 4.79 Å². The summed E-state index contributed by atoms with van der Waals surface area (Å²) in [4.78, 5) is 14.5. The number of benzene rings is 2. The van der Waals surface area contributed by atoms with Gasteiger partial charge < -0.3 is 9.32 Å². The molecule has 0 aliphatic carbocycles. The molecule has 0 N–H and O–H groups in total. The molecule has 4 aromatic rings. The first kappa shape index (κ1) is 17.4. The summed E-state index contributed by atoms with van der Waals surface area (Å²) >= 11 is 6.21. The molecule has 1 atom stereocenters. The quantitative estimate of drug-likeness (QED) is 0.495. The van der Waals surface area contributed by atoms with E-state index in [0.29, 0.717) is 10.6 Å². The Labute approximate surface area is 161 Å². The lowest BCUT2D eigenvalue weighted by Crippen LogP contribution is -2.29. The van der Waals surface area contributed by atoms with Crippen molar-refractivity contribution < 1.29 is 9.21 Å². The van der Waals surface area contributed by atoms with Crippen LogP contribution in [-0.2, 0) is 0 Å². The first-order valence-electron chi connectivity index (χ1n) is 8.60. The number of nitrogens with zero attached hydrogens (tertiary/aromatic N) is 3. The first-order chi connectivity index (χ1) is 13.0. The second-order valence-corrected chi connectivity index (χ2v) is 6.81. The first-order valence-corrected chi connectivity index (χ1v) is 8.97. The number of halogens is 1. The molecule has 0 bridgehead atoms. The summed E-state index contributed by atoms with van der Waals surface area (Å²) in [6, 6.07) is 16.9. The topological polar surface area (TPSA) is 51.3 Å². The van der Waals surface area contributed by atoms with Crippen LogP contribution >= 0.6 is 11.6 Å². The lowest BCUT2D eigenvalue weighted by molar-refractivity contribution is 0.0727. The number of aromatic nitrogens is 2. The summed E-state index contributed by atoms with van der Waals surface area (Å²) in [5.41, 5.74) is 2.03. The molecule has 0 radical (unpaired) electrons. The molecule has 0 fully saturated rings. The second kappa shape index (κ2) is 6.93. The van der Waals surface area contributed by atoms with Crippen LogP contribution in [0.3, 0.4) is 0 Å². The number of amides is 1. The van der Waals surface area contributed by atoms with Crippen molar-refractivity contribution in [3.05, 3.63) is 83.3 Å². The maximum Gasteiger partial charge on any atom is 0.257 e. The third kappa shape index (κ3) is 3.22. The third-order valence-electron chi connectivity index (χ3n) is 4.69. The molecule has 0 spiro atoms. The molecule has 0 aliphatic rings. The van der Waals surface area contributed by atoms with Gasteiger partial charge in [0.1, 0.15) is 11.3 Å². The molecule has 2 aromatic heterocycles. The van der Waals surface area contributed by atoms with E-state index in [1.54, 1.807) is 35.1 Å². The van der Waals surface area contributed by atoms with E-state index in [1.165, 1.54) is 0 Å². The molecular weight excluding hydrogens is 362 g/mol. The van der Waals surface area contributed by atoms with Crippen molar-refractivity contribution in [2.45, 2.75) is 13.0 Å². The number of furan rings is 1. The van der Waals surface area contributed by atoms with E-state index in [-0.39, 0.29) is 11.9 Å². The fourth-order valence-corrected chi connectivity index (χ4v) is 3.20. The van der Waals surface area contributed by atoms with Crippen molar-refractivity contribution in [1.82, 2.24) is 14.7 Å². The number of rotatable bonds is 4. The van der Waals surface area contributed by atoms with Gasteiger partial charge in [-0.25, -0.2) is 4.68 Å². The highest BCUT2D eigenvalue weighted by molar-refractivity contribution is 6.32. The summed E-state index contributed by atoms with van der Waals surface area (Å²) in [5.74, 6) is 0.604. The molecule has 0 saturated carbocycles. The van der Waals surface area contributed by atoms with E-state index >= 15 is 0 Å². The highest BCUT2D eigenvalue weighted by Gasteiger charge is 2.23. The maximum atomic E-state index is 12.9. The van der Waals surface area contributed by atoms with Crippen molar-refractivity contribution in [3.63, 3.8) is 0 Å². The average Bonchev–Trinajstić information content (AvgIpc) is 3.33. The van der Waals surface area contributed by atoms with Crippen molar-refractivity contribution in [3.8, 4) is 5.69 Å². The molecule has 5 nitrogen and oxygen atoms in total. The number of hydrogen-bond donors (Lipinski definition) is 0. The lowest BCUT2D eigenvalue weighted by atomic mass is 10.2. The monoisotopic (exact) mass is 379 g/mol. The van der Waals surface area contributed by atoms with E-state index in [2.05, 4.69) is 5.10 Å². The predicted octanol–water partition coefficient (Wildman–Crippen LogP) is 5.11. The molecule has 6 heteroatoms. The van der Waals surface area contributed by atoms with Gasteiger partial charge in [0, 0.05) is 18.6 Å². The molecule has 27 heavy (non-hydrogen) atoms. The number of hydrogen-bond acceptors (Lipinski definition) is 3. The largest absolute Gasteiger partial charge is 0.459 e. The Morgan fingerprint density at radius 2 is 1.93 bits per heavy atom. The van der Waals surface area contributed by atoms with E-state index < -0.39 is 0 Å². The van der Waals surface area contributed by atoms with Crippen LogP contribution in [0.4, 0.5) is 0 Å². The summed E-state index contributed by atoms with van der Waals surface area (Å²) in [6.45, 7) is 1.94. The SMILES string of the molecule is CC(c1cc2ccccc2o1)N(C)C(=O)c1cnn(-c2ccccc2Cl)c1. The molecule has 1 amide bonds. The van der Waals surface area contributed by atoms with Gasteiger partial charge in [-0.2, -0.15) is 5.10 Å². The normalized spacial score (nSPS) is 12.3. The van der Waals surface area contributed by atoms with Gasteiger partial charge >= 0.3 is 0 Å². The zero-order valence-corrected chi connectivity index (χ0v) is 15.7. The molecule has 2 heterocycles. The van der Waals surface area contributed by atoms with Crippen LogP contribution in [0.2, 0.25) is 5.02 Å². The zero-order chi connectivity index (χ0) is 19.0. The van der Waals surface area contributed by atoms with Gasteiger partial charge in [-0.1, -0.05) is 41.9 Å². The number of carbonyl (C=O) groups is 1. The smallest absolute Gasteiger partial charge is 0.257 e.